The Kier molecular flexibility index (Phi) is 4.03. The molecule has 0 spiro atoms. The van der Waals surface area contributed by atoms with Gasteiger partial charge in [-0.3, -0.25) is 4.79 Å². The lowest BCUT2D eigenvalue weighted by Gasteiger charge is -2.27. The summed E-state index contributed by atoms with van der Waals surface area (Å²) in [5.41, 5.74) is 1.39. The highest BCUT2D eigenvalue weighted by Gasteiger charge is 2.30. The molecule has 1 aromatic heterocycles. The first-order valence-corrected chi connectivity index (χ1v) is 7.85. The van der Waals surface area contributed by atoms with Crippen LogP contribution in [0.2, 0.25) is 0 Å². The number of nitrogens with zero attached hydrogens (tertiary/aromatic N) is 1. The van der Waals surface area contributed by atoms with Crippen LogP contribution < -0.4 is 10.7 Å². The zero-order valence-electron chi connectivity index (χ0n) is 11.7. The van der Waals surface area contributed by atoms with Crippen LogP contribution in [0.1, 0.15) is 0 Å². The predicted octanol–water partition coefficient (Wildman–Crippen LogP) is -0.275. The Labute approximate surface area is 125 Å². The quantitative estimate of drug-likeness (QED) is 0.791. The molecule has 2 aromatic rings. The number of para-hydroxylation sites is 2. The predicted molar refractivity (Wildman–Crippen MR) is 79.4 cm³/mol. The molecule has 1 aliphatic rings. The van der Waals surface area contributed by atoms with Crippen LogP contribution >= 0.6 is 11.8 Å². The molecule has 1 aliphatic heterocycles. The second-order valence-electron chi connectivity index (χ2n) is 5.01. The molecule has 0 amide bonds. The fourth-order valence-electron chi connectivity index (χ4n) is 2.58. The number of carbonyl (C=O) groups excluding carboxylic acids is 1. The number of carbonyl (C=O) groups is 1. The van der Waals surface area contributed by atoms with E-state index in [9.17, 15) is 9.59 Å². The fourth-order valence-corrected chi connectivity index (χ4v) is 3.86. The van der Waals surface area contributed by atoms with Gasteiger partial charge in [-0.15, -0.1) is 11.8 Å². The Morgan fingerprint density at radius 3 is 3.14 bits per heavy atom. The smallest absolute Gasteiger partial charge is 0.424 e. The van der Waals surface area contributed by atoms with Crippen LogP contribution in [0, 0.1) is 0 Å². The molecule has 112 valence electrons. The van der Waals surface area contributed by atoms with Crippen molar-refractivity contribution in [2.75, 3.05) is 26.0 Å². The highest BCUT2D eigenvalue weighted by Crippen LogP contribution is 2.13. The topological polar surface area (TPSA) is 65.9 Å². The van der Waals surface area contributed by atoms with Crippen LogP contribution in [0.4, 0.5) is 0 Å². The molecular formula is C14H17N2O4S+. The van der Waals surface area contributed by atoms with Gasteiger partial charge in [0.1, 0.15) is 6.54 Å². The van der Waals surface area contributed by atoms with Gasteiger partial charge in [-0.05, 0) is 12.1 Å². The molecule has 0 aliphatic carbocycles. The van der Waals surface area contributed by atoms with Gasteiger partial charge in [0, 0.05) is 5.75 Å². The molecule has 1 fully saturated rings. The van der Waals surface area contributed by atoms with E-state index in [0.29, 0.717) is 18.8 Å². The number of esters is 1. The number of quaternary nitrogens is 1. The highest BCUT2D eigenvalue weighted by atomic mass is 32.2. The summed E-state index contributed by atoms with van der Waals surface area (Å²) in [6.07, 6.45) is 0. The molecule has 6 nitrogen and oxygen atoms in total. The van der Waals surface area contributed by atoms with Crippen molar-refractivity contribution < 1.29 is 18.8 Å². The first-order chi connectivity index (χ1) is 10.2. The summed E-state index contributed by atoms with van der Waals surface area (Å²) < 4.78 is 11.7. The van der Waals surface area contributed by atoms with Crippen molar-refractivity contribution in [3.05, 3.63) is 34.8 Å². The van der Waals surface area contributed by atoms with Gasteiger partial charge in [-0.1, -0.05) is 12.1 Å². The standard InChI is InChI=1S/C14H16N2O4S/c1-19-13(17)12-8-15(6-7-21-12)9-16-10-4-2-3-5-11(10)20-14(16)18/h2-5,12H,6-9H2,1H3/p+1/t12-/m1/s1. The summed E-state index contributed by atoms with van der Waals surface area (Å²) in [7, 11) is 1.41. The first-order valence-electron chi connectivity index (χ1n) is 6.80. The maximum absolute atomic E-state index is 12.0. The SMILES string of the molecule is COC(=O)[C@H]1C[NH+](Cn2c(=O)oc3ccccc32)CCS1. The first kappa shape index (κ1) is 14.2. The Hall–Kier alpha value is -1.73. The number of benzene rings is 1. The van der Waals surface area contributed by atoms with E-state index in [1.807, 2.05) is 18.2 Å². The second kappa shape index (κ2) is 5.95. The number of thioether (sulfide) groups is 1. The Balaban J connectivity index is 1.80. The summed E-state index contributed by atoms with van der Waals surface area (Å²) in [4.78, 5) is 24.8. The molecule has 0 saturated carbocycles. The van der Waals surface area contributed by atoms with Crippen molar-refractivity contribution in [1.29, 1.82) is 0 Å². The molecule has 21 heavy (non-hydrogen) atoms. The van der Waals surface area contributed by atoms with Crippen LogP contribution in [0.3, 0.4) is 0 Å². The summed E-state index contributed by atoms with van der Waals surface area (Å²) in [6.45, 7) is 2.07. The van der Waals surface area contributed by atoms with Crippen molar-refractivity contribution in [3.8, 4) is 0 Å². The lowest BCUT2D eigenvalue weighted by atomic mass is 10.3. The lowest BCUT2D eigenvalue weighted by molar-refractivity contribution is -0.920. The monoisotopic (exact) mass is 309 g/mol. The van der Waals surface area contributed by atoms with E-state index in [1.54, 1.807) is 22.4 Å². The largest absolute Gasteiger partial charge is 0.468 e. The van der Waals surface area contributed by atoms with E-state index < -0.39 is 0 Å². The van der Waals surface area contributed by atoms with Crippen LogP contribution in [-0.2, 0) is 16.2 Å². The van der Waals surface area contributed by atoms with Gasteiger partial charge < -0.3 is 14.1 Å². The molecule has 1 N–H and O–H groups in total. The highest BCUT2D eigenvalue weighted by molar-refractivity contribution is 8.00. The average Bonchev–Trinajstić information content (AvgIpc) is 2.83. The minimum atomic E-state index is -0.350. The number of methoxy groups -OCH3 is 1. The molecule has 1 saturated heterocycles. The van der Waals surface area contributed by atoms with Crippen LogP contribution in [-0.4, -0.2) is 41.7 Å². The summed E-state index contributed by atoms with van der Waals surface area (Å²) >= 11 is 1.61. The van der Waals surface area contributed by atoms with E-state index in [-0.39, 0.29) is 17.0 Å². The molecule has 1 unspecified atom stereocenters. The van der Waals surface area contributed by atoms with Crippen LogP contribution in [0.15, 0.2) is 33.5 Å². The fraction of sp³-hybridized carbons (Fsp3) is 0.429. The number of hydrogen-bond donors (Lipinski definition) is 1. The van der Waals surface area contributed by atoms with Crippen LogP contribution in [0.25, 0.3) is 11.1 Å². The third-order valence-corrected chi connectivity index (χ3v) is 4.87. The van der Waals surface area contributed by atoms with Gasteiger partial charge in [0.25, 0.3) is 0 Å². The number of hydrogen-bond acceptors (Lipinski definition) is 5. The Morgan fingerprint density at radius 1 is 1.52 bits per heavy atom. The zero-order chi connectivity index (χ0) is 14.8. The van der Waals surface area contributed by atoms with E-state index in [0.717, 1.165) is 17.8 Å². The maximum atomic E-state index is 12.0. The lowest BCUT2D eigenvalue weighted by Crippen LogP contribution is -3.14. The van der Waals surface area contributed by atoms with Gasteiger partial charge in [0.2, 0.25) is 0 Å². The van der Waals surface area contributed by atoms with E-state index in [4.69, 9.17) is 9.15 Å². The normalized spacial score (nSPS) is 22.3. The van der Waals surface area contributed by atoms with Gasteiger partial charge >= 0.3 is 11.7 Å². The zero-order valence-corrected chi connectivity index (χ0v) is 12.5. The van der Waals surface area contributed by atoms with Crippen molar-refractivity contribution in [3.63, 3.8) is 0 Å². The van der Waals surface area contributed by atoms with Gasteiger partial charge in [0.15, 0.2) is 17.5 Å². The van der Waals surface area contributed by atoms with Crippen molar-refractivity contribution in [2.24, 2.45) is 0 Å². The van der Waals surface area contributed by atoms with Gasteiger partial charge in [-0.2, -0.15) is 0 Å². The third-order valence-electron chi connectivity index (χ3n) is 3.67. The maximum Gasteiger partial charge on any atom is 0.424 e. The summed E-state index contributed by atoms with van der Waals surface area (Å²) in [5.74, 6) is 0.331. The Morgan fingerprint density at radius 2 is 2.33 bits per heavy atom. The number of nitrogens with one attached hydrogen (secondary N) is 1. The van der Waals surface area contributed by atoms with Crippen molar-refractivity contribution >= 4 is 28.8 Å². The van der Waals surface area contributed by atoms with Crippen molar-refractivity contribution in [2.45, 2.75) is 11.9 Å². The number of fused-ring (bicyclic) bond motifs is 1. The van der Waals surface area contributed by atoms with E-state index >= 15 is 0 Å². The molecule has 2 heterocycles. The molecule has 0 radical (unpaired) electrons. The minimum absolute atomic E-state index is 0.160. The number of ether oxygens (including phenoxy) is 1. The second-order valence-corrected chi connectivity index (χ2v) is 6.32. The number of aromatic nitrogens is 1. The third kappa shape index (κ3) is 2.84. The van der Waals surface area contributed by atoms with E-state index in [1.165, 1.54) is 12.0 Å². The molecule has 3 rings (SSSR count). The van der Waals surface area contributed by atoms with Crippen LogP contribution in [0.5, 0.6) is 0 Å². The molecular weight excluding hydrogens is 292 g/mol. The van der Waals surface area contributed by atoms with Gasteiger partial charge in [-0.25, -0.2) is 9.36 Å². The molecule has 7 heteroatoms. The average molecular weight is 309 g/mol. The Bertz CT molecular complexity index is 708. The molecule has 1 aromatic carbocycles. The van der Waals surface area contributed by atoms with E-state index in [2.05, 4.69) is 0 Å². The van der Waals surface area contributed by atoms with Gasteiger partial charge in [0.05, 0.1) is 19.2 Å². The summed E-state index contributed by atoms with van der Waals surface area (Å²) in [6, 6.07) is 7.38. The number of rotatable bonds is 3. The molecule has 2 atom stereocenters. The molecule has 0 bridgehead atoms. The summed E-state index contributed by atoms with van der Waals surface area (Å²) in [5, 5.41) is -0.160. The minimum Gasteiger partial charge on any atom is -0.468 e. The number of oxazole rings is 1. The van der Waals surface area contributed by atoms with Crippen molar-refractivity contribution in [1.82, 2.24) is 4.57 Å².